The molecule has 0 unspecified atom stereocenters. The van der Waals surface area contributed by atoms with Crippen LogP contribution >= 0.6 is 0 Å². The lowest BCUT2D eigenvalue weighted by Crippen LogP contribution is -2.32. The lowest BCUT2D eigenvalue weighted by Gasteiger charge is -2.12. The minimum Gasteiger partial charge on any atom is -0.309 e. The zero-order valence-corrected chi connectivity index (χ0v) is 11.7. The molecule has 0 radical (unpaired) electrons. The summed E-state index contributed by atoms with van der Waals surface area (Å²) in [4.78, 5) is 0. The van der Waals surface area contributed by atoms with Crippen LogP contribution in [0.25, 0.3) is 0 Å². The van der Waals surface area contributed by atoms with Gasteiger partial charge < -0.3 is 5.32 Å². The molecule has 0 amide bonds. The predicted octanol–water partition coefficient (Wildman–Crippen LogP) is 0.734. The number of nitrogens with zero attached hydrogens (tertiary/aromatic N) is 2. The van der Waals surface area contributed by atoms with Crippen LogP contribution < -0.4 is 5.32 Å². The van der Waals surface area contributed by atoms with Crippen molar-refractivity contribution in [3.05, 3.63) is 17.5 Å². The zero-order chi connectivity index (χ0) is 13.1. The Morgan fingerprint density at radius 2 is 2.18 bits per heavy atom. The first-order chi connectivity index (χ1) is 7.83. The van der Waals surface area contributed by atoms with Crippen LogP contribution in [0.4, 0.5) is 0 Å². The van der Waals surface area contributed by atoms with E-state index in [0.717, 1.165) is 17.8 Å². The van der Waals surface area contributed by atoms with Gasteiger partial charge in [-0.05, 0) is 20.8 Å². The van der Waals surface area contributed by atoms with Crippen molar-refractivity contribution < 1.29 is 8.42 Å². The first kappa shape index (κ1) is 14.2. The van der Waals surface area contributed by atoms with E-state index in [9.17, 15) is 8.42 Å². The molecule has 6 heteroatoms. The summed E-state index contributed by atoms with van der Waals surface area (Å²) in [5.74, 6) is 0.161. The number of hydrogen-bond donors (Lipinski definition) is 1. The smallest absolute Gasteiger partial charge is 0.148 e. The highest BCUT2D eigenvalue weighted by molar-refractivity contribution is 7.90. The summed E-state index contributed by atoms with van der Waals surface area (Å²) < 4.78 is 24.2. The Bertz CT molecular complexity index is 465. The fourth-order valence-corrected chi connectivity index (χ4v) is 2.80. The van der Waals surface area contributed by atoms with E-state index in [1.165, 1.54) is 6.26 Å². The second-order valence-electron chi connectivity index (χ2n) is 4.45. The van der Waals surface area contributed by atoms with Crippen molar-refractivity contribution in [1.82, 2.24) is 15.1 Å². The maximum Gasteiger partial charge on any atom is 0.148 e. The van der Waals surface area contributed by atoms with Crippen molar-refractivity contribution in [3.8, 4) is 0 Å². The quantitative estimate of drug-likeness (QED) is 0.818. The van der Waals surface area contributed by atoms with Crippen molar-refractivity contribution >= 4 is 9.84 Å². The summed E-state index contributed by atoms with van der Waals surface area (Å²) in [5, 5.41) is 7.45. The molecule has 1 aromatic rings. The Morgan fingerprint density at radius 3 is 2.65 bits per heavy atom. The summed E-state index contributed by atoms with van der Waals surface area (Å²) in [5.41, 5.74) is 2.25. The second-order valence-corrected chi connectivity index (χ2v) is 6.63. The van der Waals surface area contributed by atoms with E-state index in [-0.39, 0.29) is 11.8 Å². The molecule has 1 aromatic heterocycles. The third-order valence-electron chi connectivity index (χ3n) is 2.70. The van der Waals surface area contributed by atoms with Crippen molar-refractivity contribution in [2.75, 3.05) is 12.0 Å². The molecule has 0 spiro atoms. The van der Waals surface area contributed by atoms with Crippen molar-refractivity contribution in [2.45, 2.75) is 39.9 Å². The Kier molecular flexibility index (Phi) is 4.70. The van der Waals surface area contributed by atoms with Gasteiger partial charge in [0, 0.05) is 36.6 Å². The Balaban J connectivity index is 2.53. The molecule has 0 saturated heterocycles. The molecule has 0 aromatic carbocycles. The van der Waals surface area contributed by atoms with Crippen LogP contribution in [0.3, 0.4) is 0 Å². The van der Waals surface area contributed by atoms with Crippen molar-refractivity contribution in [3.63, 3.8) is 0 Å². The maximum absolute atomic E-state index is 11.1. The van der Waals surface area contributed by atoms with E-state index < -0.39 is 9.84 Å². The van der Waals surface area contributed by atoms with Crippen molar-refractivity contribution in [2.24, 2.45) is 0 Å². The number of nitrogens with one attached hydrogen (secondary N) is 1. The molecule has 1 N–H and O–H groups in total. The molecule has 0 aliphatic carbocycles. The molecule has 0 bridgehead atoms. The molecule has 17 heavy (non-hydrogen) atoms. The molecule has 0 aliphatic heterocycles. The van der Waals surface area contributed by atoms with Crippen LogP contribution in [-0.2, 0) is 22.9 Å². The van der Waals surface area contributed by atoms with Gasteiger partial charge in [-0.25, -0.2) is 8.42 Å². The van der Waals surface area contributed by atoms with E-state index in [2.05, 4.69) is 10.4 Å². The van der Waals surface area contributed by atoms with Gasteiger partial charge >= 0.3 is 0 Å². The van der Waals surface area contributed by atoms with Crippen LogP contribution in [0.2, 0.25) is 0 Å². The number of hydrogen-bond acceptors (Lipinski definition) is 4. The van der Waals surface area contributed by atoms with Gasteiger partial charge in [-0.2, -0.15) is 5.10 Å². The summed E-state index contributed by atoms with van der Waals surface area (Å²) in [7, 11) is -2.92. The minimum absolute atomic E-state index is 0.0469. The molecule has 0 fully saturated rings. The Labute approximate surface area is 103 Å². The number of aromatic nitrogens is 2. The second kappa shape index (κ2) is 5.64. The average Bonchev–Trinajstić information content (AvgIpc) is 2.54. The van der Waals surface area contributed by atoms with E-state index in [1.807, 2.05) is 31.6 Å². The number of aryl methyl sites for hydroxylation is 1. The minimum atomic E-state index is -2.92. The molecule has 0 aliphatic rings. The lowest BCUT2D eigenvalue weighted by molar-refractivity contribution is 0.558. The monoisotopic (exact) mass is 259 g/mol. The zero-order valence-electron chi connectivity index (χ0n) is 10.9. The van der Waals surface area contributed by atoms with Crippen LogP contribution in [0.5, 0.6) is 0 Å². The third-order valence-corrected chi connectivity index (χ3v) is 3.80. The Morgan fingerprint density at radius 1 is 1.53 bits per heavy atom. The number of sulfone groups is 1. The third kappa shape index (κ3) is 4.47. The molecule has 1 heterocycles. The van der Waals surface area contributed by atoms with E-state index in [1.54, 1.807) is 0 Å². The molecule has 0 saturated carbocycles. The van der Waals surface area contributed by atoms with Gasteiger partial charge in [0.2, 0.25) is 0 Å². The topological polar surface area (TPSA) is 64.0 Å². The first-order valence-corrected chi connectivity index (χ1v) is 7.82. The van der Waals surface area contributed by atoms with Gasteiger partial charge in [0.15, 0.2) is 0 Å². The number of rotatable bonds is 6. The maximum atomic E-state index is 11.1. The Hall–Kier alpha value is -0.880. The summed E-state index contributed by atoms with van der Waals surface area (Å²) >= 11 is 0. The summed E-state index contributed by atoms with van der Waals surface area (Å²) in [6, 6.07) is -0.0469. The highest BCUT2D eigenvalue weighted by atomic mass is 32.2. The van der Waals surface area contributed by atoms with Crippen molar-refractivity contribution in [1.29, 1.82) is 0 Å². The van der Waals surface area contributed by atoms with E-state index in [0.29, 0.717) is 6.54 Å². The van der Waals surface area contributed by atoms with Crippen LogP contribution in [0.1, 0.15) is 25.1 Å². The molecular formula is C11H21N3O2S. The highest BCUT2D eigenvalue weighted by Crippen LogP contribution is 2.07. The highest BCUT2D eigenvalue weighted by Gasteiger charge is 2.11. The summed E-state index contributed by atoms with van der Waals surface area (Å²) in [6.45, 7) is 7.45. The van der Waals surface area contributed by atoms with Gasteiger partial charge in [0.25, 0.3) is 0 Å². The molecule has 1 rings (SSSR count). The fraction of sp³-hybridized carbons (Fsp3) is 0.727. The molecule has 5 nitrogen and oxygen atoms in total. The van der Waals surface area contributed by atoms with E-state index in [4.69, 9.17) is 0 Å². The molecular weight excluding hydrogens is 238 g/mol. The van der Waals surface area contributed by atoms with Crippen LogP contribution in [-0.4, -0.2) is 36.2 Å². The van der Waals surface area contributed by atoms with Gasteiger partial charge in [-0.1, -0.05) is 0 Å². The van der Waals surface area contributed by atoms with Gasteiger partial charge in [-0.15, -0.1) is 0 Å². The standard InChI is InChI=1S/C11H21N3O2S/c1-5-14-10(3)11(7-13-14)6-12-9(2)8-17(4,15)16/h7,9,12H,5-6,8H2,1-4H3/t9-/m0/s1. The molecule has 1 atom stereocenters. The normalized spacial score (nSPS) is 13.9. The van der Waals surface area contributed by atoms with Gasteiger partial charge in [0.05, 0.1) is 11.9 Å². The predicted molar refractivity (Wildman–Crippen MR) is 68.7 cm³/mol. The van der Waals surface area contributed by atoms with Crippen LogP contribution in [0.15, 0.2) is 6.20 Å². The summed E-state index contributed by atoms with van der Waals surface area (Å²) in [6.07, 6.45) is 3.09. The van der Waals surface area contributed by atoms with Crippen LogP contribution in [0, 0.1) is 6.92 Å². The molecule has 98 valence electrons. The van der Waals surface area contributed by atoms with Gasteiger partial charge in [-0.3, -0.25) is 4.68 Å². The largest absolute Gasteiger partial charge is 0.309 e. The van der Waals surface area contributed by atoms with Gasteiger partial charge in [0.1, 0.15) is 9.84 Å². The SMILES string of the molecule is CCn1ncc(CN[C@@H](C)CS(C)(=O)=O)c1C. The fourth-order valence-electron chi connectivity index (χ4n) is 1.77. The lowest BCUT2D eigenvalue weighted by atomic mass is 10.2. The first-order valence-electron chi connectivity index (χ1n) is 5.76. The average molecular weight is 259 g/mol. The van der Waals surface area contributed by atoms with E-state index >= 15 is 0 Å².